The molecule has 0 spiro atoms. The van der Waals surface area contributed by atoms with Crippen molar-refractivity contribution in [3.63, 3.8) is 0 Å². The molecular formula is C19H24O4. The van der Waals surface area contributed by atoms with Gasteiger partial charge >= 0.3 is 0 Å². The first-order chi connectivity index (χ1) is 11.2. The molecule has 0 amide bonds. The Hall–Kier alpha value is -2.04. The maximum absolute atomic E-state index is 9.76. The number of rotatable bonds is 8. The zero-order chi connectivity index (χ0) is 16.7. The van der Waals surface area contributed by atoms with Gasteiger partial charge in [-0.1, -0.05) is 24.3 Å². The predicted molar refractivity (Wildman–Crippen MR) is 89.7 cm³/mol. The van der Waals surface area contributed by atoms with Crippen LogP contribution < -0.4 is 4.74 Å². The van der Waals surface area contributed by atoms with E-state index in [1.807, 2.05) is 30.3 Å². The van der Waals surface area contributed by atoms with E-state index in [-0.39, 0.29) is 30.8 Å². The van der Waals surface area contributed by atoms with Gasteiger partial charge in [-0.2, -0.15) is 0 Å². The van der Waals surface area contributed by atoms with Crippen LogP contribution in [0.1, 0.15) is 11.1 Å². The van der Waals surface area contributed by atoms with Crippen LogP contribution >= 0.6 is 0 Å². The van der Waals surface area contributed by atoms with E-state index in [0.717, 1.165) is 16.9 Å². The molecule has 124 valence electrons. The summed E-state index contributed by atoms with van der Waals surface area (Å²) in [6.45, 7) is -0.00783. The monoisotopic (exact) mass is 316 g/mol. The average molecular weight is 316 g/mol. The Balaban J connectivity index is 2.09. The molecule has 0 aromatic heterocycles. The summed E-state index contributed by atoms with van der Waals surface area (Å²) in [5.74, 6) is 0.864. The molecule has 3 N–H and O–H groups in total. The van der Waals surface area contributed by atoms with E-state index in [9.17, 15) is 15.3 Å². The molecule has 0 fully saturated rings. The first kappa shape index (κ1) is 17.3. The zero-order valence-corrected chi connectivity index (χ0v) is 13.4. The molecule has 0 aliphatic heterocycles. The van der Waals surface area contributed by atoms with Crippen molar-refractivity contribution in [1.82, 2.24) is 0 Å². The molecule has 4 nitrogen and oxygen atoms in total. The molecular weight excluding hydrogens is 292 g/mol. The van der Waals surface area contributed by atoms with Crippen LogP contribution in [0.5, 0.6) is 11.5 Å². The molecule has 2 aromatic carbocycles. The highest BCUT2D eigenvalue weighted by Gasteiger charge is 2.21. The summed E-state index contributed by atoms with van der Waals surface area (Å²) in [6.07, 6.45) is 1.28. The number of methoxy groups -OCH3 is 1. The maximum atomic E-state index is 9.76. The van der Waals surface area contributed by atoms with Gasteiger partial charge in [0.1, 0.15) is 11.5 Å². The highest BCUT2D eigenvalue weighted by Crippen LogP contribution is 2.24. The zero-order valence-electron chi connectivity index (χ0n) is 13.4. The standard InChI is InChI=1S/C19H24O4/c1-23-19-7-3-5-15(11-19)9-17(13-21)16(12-20)8-14-4-2-6-18(22)10-14/h2-7,10-11,16-17,20-22H,8-9,12-13H2,1H3. The van der Waals surface area contributed by atoms with E-state index in [0.29, 0.717) is 12.8 Å². The van der Waals surface area contributed by atoms with E-state index in [1.54, 1.807) is 25.3 Å². The first-order valence-corrected chi connectivity index (χ1v) is 7.78. The number of aromatic hydroxyl groups is 1. The lowest BCUT2D eigenvalue weighted by atomic mass is 9.83. The van der Waals surface area contributed by atoms with E-state index in [4.69, 9.17) is 4.74 Å². The minimum Gasteiger partial charge on any atom is -0.508 e. The quantitative estimate of drug-likeness (QED) is 0.699. The number of aliphatic hydroxyl groups is 2. The summed E-state index contributed by atoms with van der Waals surface area (Å²) < 4.78 is 5.23. The van der Waals surface area contributed by atoms with E-state index in [2.05, 4.69) is 0 Å². The van der Waals surface area contributed by atoms with Gasteiger partial charge in [-0.3, -0.25) is 0 Å². The first-order valence-electron chi connectivity index (χ1n) is 7.78. The van der Waals surface area contributed by atoms with E-state index >= 15 is 0 Å². The van der Waals surface area contributed by atoms with Gasteiger partial charge in [0, 0.05) is 13.2 Å². The van der Waals surface area contributed by atoms with Crippen molar-refractivity contribution < 1.29 is 20.1 Å². The van der Waals surface area contributed by atoms with Gasteiger partial charge in [0.15, 0.2) is 0 Å². The Bertz CT molecular complexity index is 612. The third-order valence-electron chi connectivity index (χ3n) is 4.18. The number of phenolic OH excluding ortho intramolecular Hbond substituents is 1. The van der Waals surface area contributed by atoms with Crippen LogP contribution in [0.25, 0.3) is 0 Å². The topological polar surface area (TPSA) is 69.9 Å². The largest absolute Gasteiger partial charge is 0.508 e. The van der Waals surface area contributed by atoms with Crippen LogP contribution in [0.3, 0.4) is 0 Å². The fourth-order valence-corrected chi connectivity index (χ4v) is 2.85. The van der Waals surface area contributed by atoms with Crippen LogP contribution in [0, 0.1) is 11.8 Å². The number of ether oxygens (including phenoxy) is 1. The lowest BCUT2D eigenvalue weighted by molar-refractivity contribution is 0.119. The molecule has 0 bridgehead atoms. The normalized spacial score (nSPS) is 13.5. The molecule has 0 saturated carbocycles. The van der Waals surface area contributed by atoms with Crippen molar-refractivity contribution in [1.29, 1.82) is 0 Å². The Morgan fingerprint density at radius 2 is 1.43 bits per heavy atom. The van der Waals surface area contributed by atoms with Crippen LogP contribution in [0.2, 0.25) is 0 Å². The number of benzene rings is 2. The number of hydrogen-bond acceptors (Lipinski definition) is 4. The summed E-state index contributed by atoms with van der Waals surface area (Å²) in [5, 5.41) is 29.1. The smallest absolute Gasteiger partial charge is 0.119 e. The van der Waals surface area contributed by atoms with Gasteiger partial charge in [-0.15, -0.1) is 0 Å². The lowest BCUT2D eigenvalue weighted by Gasteiger charge is -2.24. The molecule has 2 rings (SSSR count). The second-order valence-electron chi connectivity index (χ2n) is 5.81. The Labute approximate surface area is 137 Å². The molecule has 4 heteroatoms. The highest BCUT2D eigenvalue weighted by molar-refractivity contribution is 5.29. The van der Waals surface area contributed by atoms with Crippen molar-refractivity contribution in [3.05, 3.63) is 59.7 Å². The summed E-state index contributed by atoms with van der Waals surface area (Å²) in [7, 11) is 1.63. The number of aliphatic hydroxyl groups excluding tert-OH is 2. The van der Waals surface area contributed by atoms with Gasteiger partial charge in [-0.25, -0.2) is 0 Å². The summed E-state index contributed by atoms with van der Waals surface area (Å²) in [6, 6.07) is 14.8. The molecule has 0 saturated heterocycles. The van der Waals surface area contributed by atoms with Crippen molar-refractivity contribution >= 4 is 0 Å². The highest BCUT2D eigenvalue weighted by atomic mass is 16.5. The summed E-state index contributed by atoms with van der Waals surface area (Å²) >= 11 is 0. The molecule has 0 aliphatic rings. The predicted octanol–water partition coefficient (Wildman–Crippen LogP) is 2.40. The molecule has 2 aromatic rings. The minimum absolute atomic E-state index is 0.00124. The lowest BCUT2D eigenvalue weighted by Crippen LogP contribution is -2.26. The van der Waals surface area contributed by atoms with Gasteiger partial charge < -0.3 is 20.1 Å². The second-order valence-corrected chi connectivity index (χ2v) is 5.81. The molecule has 23 heavy (non-hydrogen) atoms. The Morgan fingerprint density at radius 1 is 0.870 bits per heavy atom. The second kappa shape index (κ2) is 8.56. The van der Waals surface area contributed by atoms with Gasteiger partial charge in [0.2, 0.25) is 0 Å². The molecule has 0 aliphatic carbocycles. The van der Waals surface area contributed by atoms with Crippen LogP contribution in [-0.2, 0) is 12.8 Å². The Morgan fingerprint density at radius 3 is 1.96 bits per heavy atom. The SMILES string of the molecule is COc1cccc(CC(CO)C(CO)Cc2cccc(O)c2)c1. The third kappa shape index (κ3) is 4.98. The van der Waals surface area contributed by atoms with E-state index in [1.165, 1.54) is 0 Å². The third-order valence-corrected chi connectivity index (χ3v) is 4.18. The van der Waals surface area contributed by atoms with Crippen LogP contribution in [0.4, 0.5) is 0 Å². The van der Waals surface area contributed by atoms with Gasteiger partial charge in [-0.05, 0) is 60.1 Å². The average Bonchev–Trinajstić information content (AvgIpc) is 2.58. The maximum Gasteiger partial charge on any atom is 0.119 e. The molecule has 0 radical (unpaired) electrons. The van der Waals surface area contributed by atoms with E-state index < -0.39 is 0 Å². The number of phenols is 1. The Kier molecular flexibility index (Phi) is 6.44. The van der Waals surface area contributed by atoms with Crippen molar-refractivity contribution in [3.8, 4) is 11.5 Å². The van der Waals surface area contributed by atoms with Crippen LogP contribution in [0.15, 0.2) is 48.5 Å². The fourth-order valence-electron chi connectivity index (χ4n) is 2.85. The minimum atomic E-state index is -0.0759. The molecule has 0 heterocycles. The number of hydrogen-bond donors (Lipinski definition) is 3. The van der Waals surface area contributed by atoms with Crippen molar-refractivity contribution in [2.24, 2.45) is 11.8 Å². The van der Waals surface area contributed by atoms with Crippen LogP contribution in [-0.4, -0.2) is 35.6 Å². The summed E-state index contributed by atoms with van der Waals surface area (Å²) in [5.41, 5.74) is 2.02. The van der Waals surface area contributed by atoms with Crippen molar-refractivity contribution in [2.75, 3.05) is 20.3 Å². The molecule has 2 atom stereocenters. The molecule has 2 unspecified atom stereocenters. The van der Waals surface area contributed by atoms with Gasteiger partial charge in [0.25, 0.3) is 0 Å². The fraction of sp³-hybridized carbons (Fsp3) is 0.368. The van der Waals surface area contributed by atoms with Crippen molar-refractivity contribution in [2.45, 2.75) is 12.8 Å². The van der Waals surface area contributed by atoms with Gasteiger partial charge in [0.05, 0.1) is 7.11 Å². The summed E-state index contributed by atoms with van der Waals surface area (Å²) in [4.78, 5) is 0.